The number of hydrazine groups is 1. The van der Waals surface area contributed by atoms with E-state index in [4.69, 9.17) is 12.2 Å². The third-order valence-electron chi connectivity index (χ3n) is 3.18. The minimum atomic E-state index is -4.49. The molecule has 0 aliphatic carbocycles. The fraction of sp³-hybridized carbons (Fsp3) is 0.125. The van der Waals surface area contributed by atoms with Gasteiger partial charge in [-0.25, -0.2) is 0 Å². The molecule has 0 spiro atoms. The molecule has 0 atom stereocenters. The summed E-state index contributed by atoms with van der Waals surface area (Å²) >= 11 is 5.87. The van der Waals surface area contributed by atoms with Crippen LogP contribution in [0.3, 0.4) is 0 Å². The van der Waals surface area contributed by atoms with Crippen LogP contribution in [0.5, 0.6) is 0 Å². The van der Waals surface area contributed by atoms with Crippen molar-refractivity contribution in [2.75, 3.05) is 11.1 Å². The van der Waals surface area contributed by atoms with Crippen LogP contribution in [0.1, 0.15) is 5.56 Å². The van der Waals surface area contributed by atoms with E-state index in [-0.39, 0.29) is 22.2 Å². The van der Waals surface area contributed by atoms with E-state index in [2.05, 4.69) is 16.2 Å². The lowest BCUT2D eigenvalue weighted by molar-refractivity contribution is -0.387. The molecule has 0 unspecified atom stereocenters. The minimum Gasteiger partial charge on any atom is -0.331 e. The fourth-order valence-corrected chi connectivity index (χ4v) is 2.96. The Balaban J connectivity index is 1.83. The third kappa shape index (κ3) is 6.39. The maximum atomic E-state index is 12.7. The number of nitrogens with one attached hydrogen (secondary N) is 3. The highest BCUT2D eigenvalue weighted by molar-refractivity contribution is 8.00. The number of amides is 1. The Morgan fingerprint density at radius 2 is 1.86 bits per heavy atom. The second-order valence-corrected chi connectivity index (χ2v) is 6.64. The Labute approximate surface area is 166 Å². The summed E-state index contributed by atoms with van der Waals surface area (Å²) in [5, 5.41) is 13.3. The largest absolute Gasteiger partial charge is 0.416 e. The summed E-state index contributed by atoms with van der Waals surface area (Å²) in [6.45, 7) is 0. The normalized spacial score (nSPS) is 10.8. The van der Waals surface area contributed by atoms with Crippen LogP contribution in [0, 0.1) is 10.1 Å². The third-order valence-corrected chi connectivity index (χ3v) is 4.45. The van der Waals surface area contributed by atoms with Gasteiger partial charge in [-0.2, -0.15) is 13.2 Å². The van der Waals surface area contributed by atoms with Gasteiger partial charge >= 0.3 is 6.18 Å². The number of rotatable bonds is 5. The first-order valence-corrected chi connectivity index (χ1v) is 8.95. The molecule has 2 rings (SSSR count). The van der Waals surface area contributed by atoms with E-state index < -0.39 is 22.6 Å². The average molecular weight is 430 g/mol. The molecule has 0 saturated carbocycles. The van der Waals surface area contributed by atoms with Crippen molar-refractivity contribution in [2.24, 2.45) is 0 Å². The maximum Gasteiger partial charge on any atom is 0.416 e. The second kappa shape index (κ2) is 9.37. The minimum absolute atomic E-state index is 0.0934. The lowest BCUT2D eigenvalue weighted by Crippen LogP contribution is -2.44. The molecule has 0 saturated heterocycles. The zero-order valence-corrected chi connectivity index (χ0v) is 15.6. The Hall–Kier alpha value is -2.86. The van der Waals surface area contributed by atoms with Crippen molar-refractivity contribution in [2.45, 2.75) is 11.1 Å². The molecule has 12 heteroatoms. The molecule has 0 aliphatic rings. The molecule has 2 aromatic carbocycles. The van der Waals surface area contributed by atoms with Gasteiger partial charge in [0.05, 0.1) is 21.1 Å². The molecule has 0 aromatic heterocycles. The predicted octanol–water partition coefficient (Wildman–Crippen LogP) is 3.72. The predicted molar refractivity (Wildman–Crippen MR) is 103 cm³/mol. The van der Waals surface area contributed by atoms with Crippen molar-refractivity contribution in [1.29, 1.82) is 0 Å². The van der Waals surface area contributed by atoms with E-state index in [9.17, 15) is 28.1 Å². The molecular weight excluding hydrogens is 417 g/mol. The van der Waals surface area contributed by atoms with Crippen molar-refractivity contribution in [3.05, 3.63) is 64.2 Å². The zero-order chi connectivity index (χ0) is 20.7. The number of carbonyl (C=O) groups excluding carboxylic acids is 1. The van der Waals surface area contributed by atoms with E-state index in [1.807, 2.05) is 0 Å². The Kier molecular flexibility index (Phi) is 7.18. The molecule has 0 fully saturated rings. The van der Waals surface area contributed by atoms with E-state index in [0.717, 1.165) is 23.9 Å². The number of thioether (sulfide) groups is 1. The summed E-state index contributed by atoms with van der Waals surface area (Å²) in [5.41, 5.74) is 3.75. The van der Waals surface area contributed by atoms with E-state index in [1.165, 1.54) is 30.3 Å². The highest BCUT2D eigenvalue weighted by atomic mass is 32.2. The lowest BCUT2D eigenvalue weighted by Gasteiger charge is -2.13. The van der Waals surface area contributed by atoms with Gasteiger partial charge in [0.15, 0.2) is 5.11 Å². The summed E-state index contributed by atoms with van der Waals surface area (Å²) in [6, 6.07) is 10.4. The number of nitro benzene ring substituents is 1. The number of anilines is 1. The molecule has 7 nitrogen and oxygen atoms in total. The van der Waals surface area contributed by atoms with Crippen molar-refractivity contribution in [1.82, 2.24) is 10.9 Å². The van der Waals surface area contributed by atoms with Crippen molar-refractivity contribution in [3.63, 3.8) is 0 Å². The summed E-state index contributed by atoms with van der Waals surface area (Å²) in [4.78, 5) is 22.5. The maximum absolute atomic E-state index is 12.7. The molecule has 0 bridgehead atoms. The molecule has 2 aromatic rings. The van der Waals surface area contributed by atoms with Crippen LogP contribution in [0.25, 0.3) is 0 Å². The Morgan fingerprint density at radius 1 is 1.14 bits per heavy atom. The number of nitrogens with zero attached hydrogens (tertiary/aromatic N) is 1. The number of thiocarbonyl (C=S) groups is 1. The average Bonchev–Trinajstić information content (AvgIpc) is 2.64. The highest BCUT2D eigenvalue weighted by Crippen LogP contribution is 2.30. The van der Waals surface area contributed by atoms with Crippen LogP contribution < -0.4 is 16.2 Å². The Morgan fingerprint density at radius 3 is 2.54 bits per heavy atom. The highest BCUT2D eigenvalue weighted by Gasteiger charge is 2.30. The molecule has 0 radical (unpaired) electrons. The molecular formula is C16H13F3N4O3S2. The number of halogens is 3. The monoisotopic (exact) mass is 430 g/mol. The fourth-order valence-electron chi connectivity index (χ4n) is 1.97. The SMILES string of the molecule is O=C(CSc1ccccc1[N+](=O)[O-])NNC(=S)Nc1cccc(C(F)(F)F)c1. The molecule has 148 valence electrons. The van der Waals surface area contributed by atoms with Gasteiger partial charge in [0.2, 0.25) is 5.91 Å². The molecule has 28 heavy (non-hydrogen) atoms. The van der Waals surface area contributed by atoms with Gasteiger partial charge in [-0.05, 0) is 36.5 Å². The van der Waals surface area contributed by atoms with Crippen molar-refractivity contribution in [3.8, 4) is 0 Å². The summed E-state index contributed by atoms with van der Waals surface area (Å²) < 4.78 is 38.1. The van der Waals surface area contributed by atoms with Crippen LogP contribution in [-0.2, 0) is 11.0 Å². The second-order valence-electron chi connectivity index (χ2n) is 5.22. The van der Waals surface area contributed by atoms with Gasteiger partial charge in [-0.3, -0.25) is 25.8 Å². The smallest absolute Gasteiger partial charge is 0.331 e. The van der Waals surface area contributed by atoms with Gasteiger partial charge in [-0.15, -0.1) is 11.8 Å². The van der Waals surface area contributed by atoms with E-state index >= 15 is 0 Å². The topological polar surface area (TPSA) is 96.3 Å². The number of para-hydroxylation sites is 1. The van der Waals surface area contributed by atoms with Crippen LogP contribution in [0.2, 0.25) is 0 Å². The number of nitro groups is 1. The van der Waals surface area contributed by atoms with Crippen LogP contribution in [0.15, 0.2) is 53.4 Å². The number of alkyl halides is 3. The summed E-state index contributed by atoms with van der Waals surface area (Å²) in [6.07, 6.45) is -4.49. The van der Waals surface area contributed by atoms with E-state index in [0.29, 0.717) is 4.90 Å². The van der Waals surface area contributed by atoms with Gasteiger partial charge in [0.1, 0.15) is 0 Å². The first-order chi connectivity index (χ1) is 13.2. The lowest BCUT2D eigenvalue weighted by atomic mass is 10.2. The van der Waals surface area contributed by atoms with Crippen LogP contribution in [-0.4, -0.2) is 21.7 Å². The molecule has 0 heterocycles. The van der Waals surface area contributed by atoms with Gasteiger partial charge in [0.25, 0.3) is 5.69 Å². The first kappa shape index (κ1) is 21.4. The number of hydrogen-bond donors (Lipinski definition) is 3. The number of benzene rings is 2. The quantitative estimate of drug-likeness (QED) is 0.288. The van der Waals surface area contributed by atoms with Gasteiger partial charge in [0, 0.05) is 11.8 Å². The Bertz CT molecular complexity index is 893. The standard InChI is InChI=1S/C16H13F3N4O3S2/c17-16(18,19)10-4-3-5-11(8-10)20-15(27)22-21-14(24)9-28-13-7-2-1-6-12(13)23(25)26/h1-8H,9H2,(H,21,24)(H2,20,22,27). The summed E-state index contributed by atoms with van der Waals surface area (Å²) in [7, 11) is 0. The van der Waals surface area contributed by atoms with Crippen molar-refractivity contribution >= 4 is 46.4 Å². The van der Waals surface area contributed by atoms with Crippen LogP contribution in [0.4, 0.5) is 24.5 Å². The first-order valence-electron chi connectivity index (χ1n) is 7.56. The number of carbonyl (C=O) groups is 1. The zero-order valence-electron chi connectivity index (χ0n) is 13.9. The summed E-state index contributed by atoms with van der Waals surface area (Å²) in [5.74, 6) is -0.666. The van der Waals surface area contributed by atoms with Crippen molar-refractivity contribution < 1.29 is 22.9 Å². The van der Waals surface area contributed by atoms with Gasteiger partial charge in [-0.1, -0.05) is 18.2 Å². The van der Waals surface area contributed by atoms with Gasteiger partial charge < -0.3 is 5.32 Å². The number of hydrogen-bond acceptors (Lipinski definition) is 5. The molecule has 1 amide bonds. The molecule has 0 aliphatic heterocycles. The molecule has 3 N–H and O–H groups in total. The van der Waals surface area contributed by atoms with E-state index in [1.54, 1.807) is 6.07 Å². The van der Waals surface area contributed by atoms with Crippen LogP contribution >= 0.6 is 24.0 Å².